The fourth-order valence-corrected chi connectivity index (χ4v) is 5.17. The molecule has 1 saturated carbocycles. The van der Waals surface area contributed by atoms with Gasteiger partial charge in [0.2, 0.25) is 5.91 Å². The maximum Gasteiger partial charge on any atom is 0.225 e. The van der Waals surface area contributed by atoms with E-state index in [1.165, 1.54) is 12.8 Å². The van der Waals surface area contributed by atoms with Crippen LogP contribution >= 0.6 is 0 Å². The number of anilines is 1. The molecule has 2 N–H and O–H groups in total. The van der Waals surface area contributed by atoms with Gasteiger partial charge in [-0.25, -0.2) is 0 Å². The summed E-state index contributed by atoms with van der Waals surface area (Å²) in [6.45, 7) is 8.90. The predicted octanol–water partition coefficient (Wildman–Crippen LogP) is 1.42. The molecule has 0 atom stereocenters. The number of para-hydroxylation sites is 2. The largest absolute Gasteiger partial charge is 0.506 e. The molecule has 2 aliphatic heterocycles. The first kappa shape index (κ1) is 22.7. The molecule has 1 aromatic rings. The lowest BCUT2D eigenvalue weighted by Gasteiger charge is -2.38. The Labute approximate surface area is 191 Å². The molecular weight excluding hydrogens is 404 g/mol. The number of aromatic hydroxyl groups is 1. The number of hydrogen-bond donors (Lipinski definition) is 2. The molecule has 2 heterocycles. The summed E-state index contributed by atoms with van der Waals surface area (Å²) in [7, 11) is 1.84. The van der Waals surface area contributed by atoms with Crippen LogP contribution < -0.4 is 10.2 Å². The molecule has 3 fully saturated rings. The third kappa shape index (κ3) is 5.46. The van der Waals surface area contributed by atoms with Crippen LogP contribution in [0.25, 0.3) is 0 Å². The summed E-state index contributed by atoms with van der Waals surface area (Å²) in [5.74, 6) is 1.96. The van der Waals surface area contributed by atoms with Crippen LogP contribution in [0.1, 0.15) is 25.7 Å². The van der Waals surface area contributed by atoms with Gasteiger partial charge < -0.3 is 25.1 Å². The minimum atomic E-state index is 0.290. The molecule has 0 unspecified atom stereocenters. The highest BCUT2D eigenvalue weighted by molar-refractivity contribution is 5.80. The number of phenols is 1. The molecular formula is C24H38N6O2. The van der Waals surface area contributed by atoms with Crippen LogP contribution in [0.3, 0.4) is 0 Å². The van der Waals surface area contributed by atoms with E-state index in [0.717, 1.165) is 89.9 Å². The molecule has 1 amide bonds. The first-order chi connectivity index (χ1) is 15.7. The van der Waals surface area contributed by atoms with Crippen LogP contribution in [0.5, 0.6) is 5.75 Å². The van der Waals surface area contributed by atoms with Gasteiger partial charge in [-0.1, -0.05) is 25.0 Å². The van der Waals surface area contributed by atoms with Gasteiger partial charge in [0.15, 0.2) is 5.96 Å². The minimum absolute atomic E-state index is 0.290. The number of aliphatic imine (C=N–C) groups is 1. The Morgan fingerprint density at radius 2 is 1.66 bits per heavy atom. The molecule has 1 aliphatic carbocycles. The van der Waals surface area contributed by atoms with E-state index in [0.29, 0.717) is 11.7 Å². The standard InChI is InChI=1S/C24H38N6O2/c1-25-24(30-18-16-28(17-19-30)21-8-4-5-9-22(21)31)26-10-11-27-12-14-29(15-13-27)23(32)20-6-2-3-7-20/h4-5,8-9,20,31H,2-3,6-7,10-19H2,1H3,(H,25,26). The number of phenolic OH excluding ortho intramolecular Hbond substituents is 1. The molecule has 0 aromatic heterocycles. The molecule has 0 bridgehead atoms. The third-order valence-corrected chi connectivity index (χ3v) is 7.11. The van der Waals surface area contributed by atoms with Crippen molar-refractivity contribution < 1.29 is 9.90 Å². The summed E-state index contributed by atoms with van der Waals surface area (Å²) in [6.07, 6.45) is 4.60. The molecule has 0 radical (unpaired) electrons. The molecule has 32 heavy (non-hydrogen) atoms. The number of carbonyl (C=O) groups excluding carboxylic acids is 1. The summed E-state index contributed by atoms with van der Waals surface area (Å²) >= 11 is 0. The number of nitrogens with zero attached hydrogens (tertiary/aromatic N) is 5. The topological polar surface area (TPSA) is 74.7 Å². The first-order valence-corrected chi connectivity index (χ1v) is 12.2. The van der Waals surface area contributed by atoms with E-state index >= 15 is 0 Å². The van der Waals surface area contributed by atoms with Crippen LogP contribution in [0.2, 0.25) is 0 Å². The zero-order valence-electron chi connectivity index (χ0n) is 19.4. The number of carbonyl (C=O) groups is 1. The third-order valence-electron chi connectivity index (χ3n) is 7.11. The van der Waals surface area contributed by atoms with Crippen molar-refractivity contribution in [3.8, 4) is 5.75 Å². The summed E-state index contributed by atoms with van der Waals surface area (Å²) in [5, 5.41) is 13.6. The second kappa shape index (κ2) is 10.9. The molecule has 1 aromatic carbocycles. The molecule has 0 spiro atoms. The Morgan fingerprint density at radius 1 is 1.00 bits per heavy atom. The Morgan fingerprint density at radius 3 is 2.31 bits per heavy atom. The van der Waals surface area contributed by atoms with E-state index in [9.17, 15) is 9.90 Å². The lowest BCUT2D eigenvalue weighted by atomic mass is 10.1. The lowest BCUT2D eigenvalue weighted by molar-refractivity contribution is -0.137. The molecule has 8 heteroatoms. The van der Waals surface area contributed by atoms with Crippen LogP contribution in [-0.2, 0) is 4.79 Å². The van der Waals surface area contributed by atoms with Gasteiger partial charge in [0.25, 0.3) is 0 Å². The zero-order valence-corrected chi connectivity index (χ0v) is 19.4. The summed E-state index contributed by atoms with van der Waals surface area (Å²) in [5.41, 5.74) is 0.903. The van der Waals surface area contributed by atoms with Crippen molar-refractivity contribution in [3.05, 3.63) is 24.3 Å². The lowest BCUT2D eigenvalue weighted by Crippen LogP contribution is -2.54. The highest BCUT2D eigenvalue weighted by Gasteiger charge is 2.29. The second-order valence-corrected chi connectivity index (χ2v) is 9.09. The van der Waals surface area contributed by atoms with E-state index in [4.69, 9.17) is 0 Å². The van der Waals surface area contributed by atoms with Gasteiger partial charge in [-0.05, 0) is 25.0 Å². The molecule has 3 aliphatic rings. The molecule has 2 saturated heterocycles. The average molecular weight is 443 g/mol. The van der Waals surface area contributed by atoms with Gasteiger partial charge in [-0.2, -0.15) is 0 Å². The number of piperazine rings is 2. The van der Waals surface area contributed by atoms with Crippen molar-refractivity contribution >= 4 is 17.6 Å². The van der Waals surface area contributed by atoms with E-state index < -0.39 is 0 Å². The van der Waals surface area contributed by atoms with Crippen molar-refractivity contribution in [2.24, 2.45) is 10.9 Å². The number of rotatable bonds is 5. The smallest absolute Gasteiger partial charge is 0.225 e. The molecule has 8 nitrogen and oxygen atoms in total. The monoisotopic (exact) mass is 442 g/mol. The quantitative estimate of drug-likeness (QED) is 0.531. The fraction of sp³-hybridized carbons (Fsp3) is 0.667. The highest BCUT2D eigenvalue weighted by Crippen LogP contribution is 2.28. The SMILES string of the molecule is CN=C(NCCN1CCN(C(=O)C2CCCC2)CC1)N1CCN(c2ccccc2O)CC1. The summed E-state index contributed by atoms with van der Waals surface area (Å²) < 4.78 is 0. The Kier molecular flexibility index (Phi) is 7.73. The van der Waals surface area contributed by atoms with Crippen LogP contribution in [0.4, 0.5) is 5.69 Å². The maximum atomic E-state index is 12.6. The zero-order chi connectivity index (χ0) is 22.3. The van der Waals surface area contributed by atoms with Crippen molar-refractivity contribution in [2.75, 3.05) is 77.4 Å². The summed E-state index contributed by atoms with van der Waals surface area (Å²) in [6, 6.07) is 7.53. The van der Waals surface area contributed by atoms with Crippen LogP contribution in [0.15, 0.2) is 29.3 Å². The van der Waals surface area contributed by atoms with E-state index in [1.54, 1.807) is 6.07 Å². The first-order valence-electron chi connectivity index (χ1n) is 12.2. The van der Waals surface area contributed by atoms with Crippen molar-refractivity contribution in [1.82, 2.24) is 20.0 Å². The van der Waals surface area contributed by atoms with Gasteiger partial charge >= 0.3 is 0 Å². The minimum Gasteiger partial charge on any atom is -0.506 e. The van der Waals surface area contributed by atoms with Gasteiger partial charge in [0, 0.05) is 78.4 Å². The van der Waals surface area contributed by atoms with E-state index in [2.05, 4.69) is 29.9 Å². The van der Waals surface area contributed by atoms with Gasteiger partial charge in [0.1, 0.15) is 5.75 Å². The van der Waals surface area contributed by atoms with Gasteiger partial charge in [-0.15, -0.1) is 0 Å². The number of benzene rings is 1. The van der Waals surface area contributed by atoms with Gasteiger partial charge in [-0.3, -0.25) is 14.7 Å². The van der Waals surface area contributed by atoms with Crippen LogP contribution in [0, 0.1) is 5.92 Å². The number of guanidine groups is 1. The van der Waals surface area contributed by atoms with Crippen LogP contribution in [-0.4, -0.2) is 104 Å². The Balaban J connectivity index is 1.16. The predicted molar refractivity (Wildman–Crippen MR) is 128 cm³/mol. The van der Waals surface area contributed by atoms with Crippen molar-refractivity contribution in [3.63, 3.8) is 0 Å². The Bertz CT molecular complexity index is 778. The molecule has 176 valence electrons. The Hall–Kier alpha value is -2.48. The normalized spacial score (nSPS) is 21.3. The van der Waals surface area contributed by atoms with Crippen molar-refractivity contribution in [1.29, 1.82) is 0 Å². The molecule has 4 rings (SSSR count). The average Bonchev–Trinajstić information content (AvgIpc) is 3.38. The maximum absolute atomic E-state index is 12.6. The number of nitrogens with one attached hydrogen (secondary N) is 1. The van der Waals surface area contributed by atoms with E-state index in [-0.39, 0.29) is 5.92 Å². The fourth-order valence-electron chi connectivity index (χ4n) is 5.17. The van der Waals surface area contributed by atoms with Crippen molar-refractivity contribution in [2.45, 2.75) is 25.7 Å². The van der Waals surface area contributed by atoms with Gasteiger partial charge in [0.05, 0.1) is 5.69 Å². The number of hydrogen-bond acceptors (Lipinski definition) is 5. The highest BCUT2D eigenvalue weighted by atomic mass is 16.3. The van der Waals surface area contributed by atoms with E-state index in [1.807, 2.05) is 25.2 Å². The second-order valence-electron chi connectivity index (χ2n) is 9.09. The number of amides is 1. The summed E-state index contributed by atoms with van der Waals surface area (Å²) in [4.78, 5) is 26.1.